The van der Waals surface area contributed by atoms with Gasteiger partial charge >= 0.3 is 49.9 Å². The van der Waals surface area contributed by atoms with Gasteiger partial charge in [0.1, 0.15) is 0 Å². The molecule has 5 heteroatoms. The number of nitrogens with one attached hydrogen (secondary N) is 1. The normalized spacial score (nSPS) is 15.8. The van der Waals surface area contributed by atoms with E-state index in [1.807, 2.05) is 0 Å². The average molecular weight is 537 g/mol. The molecule has 4 N–H and O–H groups in total. The molecule has 0 aromatic rings. The summed E-state index contributed by atoms with van der Waals surface area (Å²) < 4.78 is 0. The Morgan fingerprint density at radius 1 is 1.11 bits per heavy atom. The van der Waals surface area contributed by atoms with Gasteiger partial charge in [-0.3, -0.25) is 0 Å². The number of halogens is 2. The molecule has 0 bridgehead atoms. The zero-order valence-electron chi connectivity index (χ0n) is 5.11. The summed E-state index contributed by atoms with van der Waals surface area (Å²) in [5, 5.41) is 3.22. The fourth-order valence-electron chi connectivity index (χ4n) is 0.625. The second-order valence-electron chi connectivity index (χ2n) is 1.50. The zero-order chi connectivity index (χ0) is 6.24. The number of hydrogen-bond acceptors (Lipinski definition) is 2. The van der Waals surface area contributed by atoms with Crippen LogP contribution in [0.1, 0.15) is 12.8 Å². The van der Waals surface area contributed by atoms with E-state index < -0.39 is 0 Å². The zero-order valence-corrected chi connectivity index (χ0v) is 11.7. The molecule has 1 saturated heterocycles. The molecule has 1 heterocycles. The quantitative estimate of drug-likeness (QED) is 0.467. The van der Waals surface area contributed by atoms with Crippen molar-refractivity contribution in [3.63, 3.8) is 0 Å². The van der Waals surface area contributed by atoms with E-state index in [4.69, 9.17) is 0 Å². The maximum atomic E-state index is 3.22. The second-order valence-corrected chi connectivity index (χ2v) is 18.1. The van der Waals surface area contributed by atoms with Crippen molar-refractivity contribution in [3.05, 3.63) is 0 Å². The first kappa shape index (κ1) is 13.6. The van der Waals surface area contributed by atoms with Gasteiger partial charge in [0, 0.05) is 0 Å². The Bertz CT molecular complexity index is 35.9. The summed E-state index contributed by atoms with van der Waals surface area (Å²) >= 11 is 5.30. The molecule has 2 nitrogen and oxygen atoms in total. The molecule has 1 rings (SSSR count). The van der Waals surface area contributed by atoms with Crippen molar-refractivity contribution >= 4 is 38.7 Å². The molecule has 0 saturated carbocycles. The van der Waals surface area contributed by atoms with Crippen LogP contribution < -0.4 is 11.5 Å². The van der Waals surface area contributed by atoms with Crippen LogP contribution in [0.4, 0.5) is 0 Å². The van der Waals surface area contributed by atoms with Gasteiger partial charge < -0.3 is 11.5 Å². The Hall–Kier alpha value is 2.07. The van der Waals surface area contributed by atoms with Gasteiger partial charge in [-0.1, -0.05) is 0 Å². The predicted octanol–water partition coefficient (Wildman–Crippen LogP) is 2.30. The molecule has 1 aliphatic heterocycles. The van der Waals surface area contributed by atoms with Gasteiger partial charge in [-0.2, -0.15) is 0 Å². The van der Waals surface area contributed by atoms with Gasteiger partial charge in [-0.25, -0.2) is 0 Å². The summed E-state index contributed by atoms with van der Waals surface area (Å²) in [7, 11) is 0. The standard InChI is InChI=1S/C4H9N.2HI.H3N.Pt/c1-2-4-5-3-1;;;;/h5H,1-4H2;2*1H;1H3;/q;;;;+2/p-2. The van der Waals surface area contributed by atoms with Crippen LogP contribution in [-0.2, 0) is 11.2 Å². The molecule has 1 aliphatic rings. The van der Waals surface area contributed by atoms with Crippen LogP contribution >= 0.6 is 38.7 Å². The molecule has 1 fully saturated rings. The van der Waals surface area contributed by atoms with Gasteiger partial charge in [0.15, 0.2) is 0 Å². The second kappa shape index (κ2) is 12.7. The Kier molecular flexibility index (Phi) is 19.3. The third kappa shape index (κ3) is 13.1. The summed E-state index contributed by atoms with van der Waals surface area (Å²) in [5.74, 6) is 0. The van der Waals surface area contributed by atoms with Crippen LogP contribution in [0.2, 0.25) is 0 Å². The van der Waals surface area contributed by atoms with E-state index in [9.17, 15) is 0 Å². The molecule has 0 amide bonds. The van der Waals surface area contributed by atoms with E-state index in [2.05, 4.69) is 44.0 Å². The third-order valence-corrected chi connectivity index (χ3v) is 0.957. The topological polar surface area (TPSA) is 47.0 Å². The molecule has 0 aliphatic carbocycles. The monoisotopic (exact) mass is 537 g/mol. The first-order valence-electron chi connectivity index (χ1n) is 2.45. The Morgan fingerprint density at radius 2 is 1.44 bits per heavy atom. The van der Waals surface area contributed by atoms with Crippen molar-refractivity contribution in [2.45, 2.75) is 12.8 Å². The summed E-state index contributed by atoms with van der Waals surface area (Å²) in [5.41, 5.74) is 0. The molecule has 9 heavy (non-hydrogen) atoms. The third-order valence-electron chi connectivity index (χ3n) is 0.957. The SMILES string of the molecule is C1CCNC1.N.[I][Pt][I]. The van der Waals surface area contributed by atoms with Gasteiger partial charge in [0.25, 0.3) is 0 Å². The first-order valence-corrected chi connectivity index (χ1v) is 15.3. The van der Waals surface area contributed by atoms with Crippen LogP contribution in [0.15, 0.2) is 0 Å². The Labute approximate surface area is 86.1 Å². The maximum absolute atomic E-state index is 3.22. The van der Waals surface area contributed by atoms with Gasteiger partial charge in [0.05, 0.1) is 0 Å². The van der Waals surface area contributed by atoms with E-state index in [1.165, 1.54) is 25.9 Å². The Balaban J connectivity index is 0. The molecule has 62 valence electrons. The molecule has 0 aromatic heterocycles. The molecular weight excluding hydrogens is 525 g/mol. The van der Waals surface area contributed by atoms with E-state index in [0.717, 1.165) is 0 Å². The number of rotatable bonds is 0. The van der Waals surface area contributed by atoms with Crippen LogP contribution in [0.3, 0.4) is 0 Å². The molecule has 0 aromatic carbocycles. The molecule has 0 spiro atoms. The van der Waals surface area contributed by atoms with Gasteiger partial charge in [-0.15, -0.1) is 0 Å². The van der Waals surface area contributed by atoms with Crippen molar-refractivity contribution in [2.75, 3.05) is 13.1 Å². The minimum atomic E-state index is 0. The fraction of sp³-hybridized carbons (Fsp3) is 1.00. The number of hydrogen-bond donors (Lipinski definition) is 2. The molecule has 0 unspecified atom stereocenters. The van der Waals surface area contributed by atoms with Crippen LogP contribution in [0.5, 0.6) is 0 Å². The van der Waals surface area contributed by atoms with Gasteiger partial charge in [-0.05, 0) is 25.9 Å². The van der Waals surface area contributed by atoms with Crippen LogP contribution in [0, 0.1) is 0 Å². The first-order chi connectivity index (χ1) is 3.91. The average Bonchev–Trinajstić information content (AvgIpc) is 2.17. The van der Waals surface area contributed by atoms with Gasteiger partial charge in [0.2, 0.25) is 0 Å². The summed E-state index contributed by atoms with van der Waals surface area (Å²) in [6.45, 7) is 2.50. The minimum absolute atomic E-state index is 0. The van der Waals surface area contributed by atoms with Crippen LogP contribution in [0.25, 0.3) is 0 Å². The molecular formula is C4H12I2N2Pt. The van der Waals surface area contributed by atoms with Crippen molar-refractivity contribution in [1.29, 1.82) is 0 Å². The van der Waals surface area contributed by atoms with Crippen molar-refractivity contribution in [1.82, 2.24) is 11.5 Å². The molecule has 0 atom stereocenters. The van der Waals surface area contributed by atoms with E-state index >= 15 is 0 Å². The predicted molar refractivity (Wildman–Crippen MR) is 55.2 cm³/mol. The van der Waals surface area contributed by atoms with E-state index in [1.54, 1.807) is 0 Å². The van der Waals surface area contributed by atoms with Crippen molar-refractivity contribution < 1.29 is 11.2 Å². The van der Waals surface area contributed by atoms with Crippen LogP contribution in [-0.4, -0.2) is 13.1 Å². The summed E-state index contributed by atoms with van der Waals surface area (Å²) in [6, 6.07) is 0. The van der Waals surface area contributed by atoms with Crippen molar-refractivity contribution in [2.24, 2.45) is 0 Å². The summed E-state index contributed by atoms with van der Waals surface area (Å²) in [6.07, 6.45) is 2.78. The van der Waals surface area contributed by atoms with Crippen molar-refractivity contribution in [3.8, 4) is 0 Å². The fourth-order valence-corrected chi connectivity index (χ4v) is 0.625. The Morgan fingerprint density at radius 3 is 1.56 bits per heavy atom. The molecule has 0 radical (unpaired) electrons. The summed E-state index contributed by atoms with van der Waals surface area (Å²) in [4.78, 5) is 0. The van der Waals surface area contributed by atoms with E-state index in [-0.39, 0.29) is 6.15 Å². The van der Waals surface area contributed by atoms with E-state index in [0.29, 0.717) is 11.2 Å².